The van der Waals surface area contributed by atoms with E-state index in [1.54, 1.807) is 0 Å². The zero-order valence-electron chi connectivity index (χ0n) is 12.9. The van der Waals surface area contributed by atoms with Crippen LogP contribution < -0.4 is 0 Å². The average molecular weight is 286 g/mol. The van der Waals surface area contributed by atoms with Crippen molar-refractivity contribution in [3.05, 3.63) is 59.8 Å². The van der Waals surface area contributed by atoms with E-state index in [2.05, 4.69) is 62.3 Å². The van der Waals surface area contributed by atoms with E-state index in [0.717, 1.165) is 19.3 Å². The Morgan fingerprint density at radius 1 is 1.25 bits per heavy atom. The Bertz CT molecular complexity index is 470. The van der Waals surface area contributed by atoms with Gasteiger partial charge in [-0.05, 0) is 24.0 Å². The molecular weight excluding hydrogens is 260 g/mol. The lowest BCUT2D eigenvalue weighted by Crippen LogP contribution is -2.19. The van der Waals surface area contributed by atoms with Crippen LogP contribution >= 0.6 is 0 Å². The molecule has 1 saturated heterocycles. The van der Waals surface area contributed by atoms with Crippen LogP contribution in [0.2, 0.25) is 19.6 Å². The SMILES string of the molecule is C=C[C@H]1C/C(=C/[Si](C)(C)C)[C@H](CCc2ccccc2)O1. The monoisotopic (exact) mass is 286 g/mol. The molecule has 0 amide bonds. The van der Waals surface area contributed by atoms with Crippen LogP contribution in [-0.2, 0) is 11.2 Å². The maximum atomic E-state index is 6.13. The molecule has 1 aromatic rings. The van der Waals surface area contributed by atoms with Gasteiger partial charge in [-0.2, -0.15) is 0 Å². The van der Waals surface area contributed by atoms with Gasteiger partial charge >= 0.3 is 0 Å². The van der Waals surface area contributed by atoms with Crippen LogP contribution in [0.1, 0.15) is 18.4 Å². The minimum absolute atomic E-state index is 0.207. The van der Waals surface area contributed by atoms with E-state index in [4.69, 9.17) is 4.74 Å². The Morgan fingerprint density at radius 3 is 2.55 bits per heavy atom. The Morgan fingerprint density at radius 2 is 1.95 bits per heavy atom. The molecule has 1 aliphatic rings. The first kappa shape index (κ1) is 15.3. The van der Waals surface area contributed by atoms with Crippen molar-refractivity contribution < 1.29 is 4.74 Å². The van der Waals surface area contributed by atoms with E-state index in [1.165, 1.54) is 11.1 Å². The van der Waals surface area contributed by atoms with Crippen molar-refractivity contribution >= 4 is 8.07 Å². The van der Waals surface area contributed by atoms with E-state index in [9.17, 15) is 0 Å². The number of hydrogen-bond donors (Lipinski definition) is 0. The van der Waals surface area contributed by atoms with Gasteiger partial charge in [-0.1, -0.05) is 61.7 Å². The predicted molar refractivity (Wildman–Crippen MR) is 89.7 cm³/mol. The molecule has 0 radical (unpaired) electrons. The molecule has 0 unspecified atom stereocenters. The first-order chi connectivity index (χ1) is 9.48. The van der Waals surface area contributed by atoms with E-state index in [0.29, 0.717) is 0 Å². The molecule has 108 valence electrons. The molecule has 0 aromatic heterocycles. The van der Waals surface area contributed by atoms with Crippen molar-refractivity contribution in [2.45, 2.75) is 51.1 Å². The highest BCUT2D eigenvalue weighted by Gasteiger charge is 2.29. The van der Waals surface area contributed by atoms with Gasteiger partial charge in [-0.3, -0.25) is 0 Å². The van der Waals surface area contributed by atoms with Crippen molar-refractivity contribution in [1.29, 1.82) is 0 Å². The molecule has 2 rings (SSSR count). The molecular formula is C18H26OSi. The second kappa shape index (κ2) is 6.55. The average Bonchev–Trinajstić information content (AvgIpc) is 2.78. The lowest BCUT2D eigenvalue weighted by Gasteiger charge is -2.16. The molecule has 0 N–H and O–H groups in total. The number of rotatable bonds is 5. The van der Waals surface area contributed by atoms with Crippen molar-refractivity contribution in [2.75, 3.05) is 0 Å². The third-order valence-electron chi connectivity index (χ3n) is 3.61. The summed E-state index contributed by atoms with van der Waals surface area (Å²) >= 11 is 0. The van der Waals surface area contributed by atoms with Crippen LogP contribution in [0.5, 0.6) is 0 Å². The van der Waals surface area contributed by atoms with Gasteiger partial charge in [0.15, 0.2) is 0 Å². The van der Waals surface area contributed by atoms with E-state index >= 15 is 0 Å². The van der Waals surface area contributed by atoms with E-state index < -0.39 is 8.07 Å². The smallest absolute Gasteiger partial charge is 0.0799 e. The summed E-state index contributed by atoms with van der Waals surface area (Å²) < 4.78 is 6.13. The highest BCUT2D eigenvalue weighted by atomic mass is 28.3. The van der Waals surface area contributed by atoms with E-state index in [-0.39, 0.29) is 12.2 Å². The summed E-state index contributed by atoms with van der Waals surface area (Å²) in [5.74, 6) is 0. The van der Waals surface area contributed by atoms with Crippen LogP contribution in [0, 0.1) is 0 Å². The van der Waals surface area contributed by atoms with Gasteiger partial charge in [-0.25, -0.2) is 0 Å². The van der Waals surface area contributed by atoms with Crippen LogP contribution in [-0.4, -0.2) is 20.3 Å². The van der Waals surface area contributed by atoms with Gasteiger partial charge in [0.05, 0.1) is 20.3 Å². The Labute approximate surface area is 124 Å². The normalized spacial score (nSPS) is 25.1. The molecule has 2 atom stereocenters. The topological polar surface area (TPSA) is 9.23 Å². The highest BCUT2D eigenvalue weighted by Crippen LogP contribution is 2.31. The van der Waals surface area contributed by atoms with Crippen molar-refractivity contribution in [3.8, 4) is 0 Å². The molecule has 20 heavy (non-hydrogen) atoms. The van der Waals surface area contributed by atoms with Crippen LogP contribution in [0.25, 0.3) is 0 Å². The van der Waals surface area contributed by atoms with Gasteiger partial charge in [0, 0.05) is 6.42 Å². The molecule has 1 aromatic carbocycles. The molecule has 0 bridgehead atoms. The molecule has 1 fully saturated rings. The van der Waals surface area contributed by atoms with Gasteiger partial charge in [0.1, 0.15) is 0 Å². The third-order valence-corrected chi connectivity index (χ3v) is 4.85. The molecule has 1 aliphatic heterocycles. The predicted octanol–water partition coefficient (Wildman–Crippen LogP) is 4.77. The number of ether oxygens (including phenoxy) is 1. The van der Waals surface area contributed by atoms with Crippen molar-refractivity contribution in [2.24, 2.45) is 0 Å². The standard InChI is InChI=1S/C18H26OSi/c1-5-17-13-16(14-20(2,3)4)18(19-17)12-11-15-9-7-6-8-10-15/h5-10,14,17-18H,1,11-13H2,2-4H3/b16-14-/t17-,18-/m0/s1. The number of hydrogen-bond acceptors (Lipinski definition) is 1. The summed E-state index contributed by atoms with van der Waals surface area (Å²) in [5.41, 5.74) is 5.42. The molecule has 2 heteroatoms. The summed E-state index contributed by atoms with van der Waals surface area (Å²) in [4.78, 5) is 0. The maximum Gasteiger partial charge on any atom is 0.0799 e. The zero-order chi connectivity index (χ0) is 14.6. The second-order valence-electron chi connectivity index (χ2n) is 6.71. The molecule has 0 spiro atoms. The Kier molecular flexibility index (Phi) is 5.00. The summed E-state index contributed by atoms with van der Waals surface area (Å²) in [6, 6.07) is 10.7. The minimum atomic E-state index is -1.19. The lowest BCUT2D eigenvalue weighted by atomic mass is 10.0. The Hall–Kier alpha value is -1.12. The summed E-state index contributed by atoms with van der Waals surface area (Å²) in [6.07, 6.45) is 5.62. The largest absolute Gasteiger partial charge is 0.366 e. The van der Waals surface area contributed by atoms with E-state index in [1.807, 2.05) is 6.08 Å². The lowest BCUT2D eigenvalue weighted by molar-refractivity contribution is 0.0758. The van der Waals surface area contributed by atoms with Crippen molar-refractivity contribution in [3.63, 3.8) is 0 Å². The maximum absolute atomic E-state index is 6.13. The third kappa shape index (κ3) is 4.46. The van der Waals surface area contributed by atoms with Gasteiger partial charge in [0.25, 0.3) is 0 Å². The van der Waals surface area contributed by atoms with Gasteiger partial charge in [-0.15, -0.1) is 6.58 Å². The fraction of sp³-hybridized carbons (Fsp3) is 0.444. The molecule has 0 saturated carbocycles. The number of benzene rings is 1. The molecule has 1 heterocycles. The van der Waals surface area contributed by atoms with Crippen LogP contribution in [0.15, 0.2) is 54.3 Å². The summed E-state index contributed by atoms with van der Waals surface area (Å²) in [5, 5.41) is 0. The number of aryl methyl sites for hydroxylation is 1. The summed E-state index contributed by atoms with van der Waals surface area (Å²) in [7, 11) is -1.19. The Balaban J connectivity index is 2.04. The fourth-order valence-corrected chi connectivity index (χ4v) is 4.17. The van der Waals surface area contributed by atoms with Crippen LogP contribution in [0.3, 0.4) is 0 Å². The molecule has 0 aliphatic carbocycles. The fourth-order valence-electron chi connectivity index (χ4n) is 2.75. The van der Waals surface area contributed by atoms with Crippen LogP contribution in [0.4, 0.5) is 0 Å². The quantitative estimate of drug-likeness (QED) is 0.560. The van der Waals surface area contributed by atoms with Crippen molar-refractivity contribution in [1.82, 2.24) is 0 Å². The van der Waals surface area contributed by atoms with Gasteiger partial charge < -0.3 is 4.74 Å². The highest BCUT2D eigenvalue weighted by molar-refractivity contribution is 6.81. The minimum Gasteiger partial charge on any atom is -0.366 e. The first-order valence-electron chi connectivity index (χ1n) is 7.51. The molecule has 1 nitrogen and oxygen atoms in total. The summed E-state index contributed by atoms with van der Waals surface area (Å²) in [6.45, 7) is 11.0. The first-order valence-corrected chi connectivity index (χ1v) is 11.1. The second-order valence-corrected chi connectivity index (χ2v) is 11.7. The zero-order valence-corrected chi connectivity index (χ0v) is 13.9. The van der Waals surface area contributed by atoms with Gasteiger partial charge in [0.2, 0.25) is 0 Å².